The van der Waals surface area contributed by atoms with Gasteiger partial charge in [0.05, 0.1) is 6.73 Å². The summed E-state index contributed by atoms with van der Waals surface area (Å²) >= 11 is 0. The topological polar surface area (TPSA) is 45.3 Å². The number of rotatable bonds is 6. The standard InChI is InChI=1S/C11H29N3OSi/c1-8-12-9-15-16(13-10(2,3)4)14-11(5,6)7/h12-14,16H,8-9H2,1-7H3. The van der Waals surface area contributed by atoms with Gasteiger partial charge in [0.25, 0.3) is 0 Å². The Morgan fingerprint density at radius 1 is 0.938 bits per heavy atom. The van der Waals surface area contributed by atoms with E-state index in [9.17, 15) is 0 Å². The Bertz CT molecular complexity index is 171. The van der Waals surface area contributed by atoms with E-state index >= 15 is 0 Å². The first kappa shape index (κ1) is 16.1. The van der Waals surface area contributed by atoms with Crippen molar-refractivity contribution in [1.82, 2.24) is 15.3 Å². The fourth-order valence-electron chi connectivity index (χ4n) is 1.15. The first-order chi connectivity index (χ1) is 7.14. The van der Waals surface area contributed by atoms with E-state index in [0.29, 0.717) is 6.73 Å². The predicted octanol–water partition coefficient (Wildman–Crippen LogP) is 1.06. The lowest BCUT2D eigenvalue weighted by atomic mass is 10.1. The zero-order valence-corrected chi connectivity index (χ0v) is 13.1. The van der Waals surface area contributed by atoms with E-state index in [1.54, 1.807) is 0 Å². The normalized spacial score (nSPS) is 13.5. The van der Waals surface area contributed by atoms with E-state index in [-0.39, 0.29) is 11.1 Å². The molecule has 0 spiro atoms. The van der Waals surface area contributed by atoms with Crippen LogP contribution in [0.2, 0.25) is 0 Å². The van der Waals surface area contributed by atoms with Gasteiger partial charge in [-0.3, -0.25) is 5.32 Å². The molecule has 0 heterocycles. The van der Waals surface area contributed by atoms with Crippen molar-refractivity contribution in [1.29, 1.82) is 0 Å². The summed E-state index contributed by atoms with van der Waals surface area (Å²) in [6, 6.07) is 0. The van der Waals surface area contributed by atoms with E-state index < -0.39 is 9.36 Å². The average molecular weight is 247 g/mol. The van der Waals surface area contributed by atoms with Crippen molar-refractivity contribution in [2.45, 2.75) is 59.5 Å². The third kappa shape index (κ3) is 10.6. The van der Waals surface area contributed by atoms with Crippen LogP contribution in [-0.4, -0.2) is 33.7 Å². The van der Waals surface area contributed by atoms with Crippen LogP contribution in [0.1, 0.15) is 48.5 Å². The minimum absolute atomic E-state index is 0.0847. The Kier molecular flexibility index (Phi) is 6.73. The summed E-state index contributed by atoms with van der Waals surface area (Å²) in [5, 5.41) is 3.18. The second-order valence-electron chi connectivity index (χ2n) is 6.08. The number of hydrogen-bond donors (Lipinski definition) is 3. The van der Waals surface area contributed by atoms with Crippen LogP contribution in [0.4, 0.5) is 0 Å². The molecule has 0 saturated heterocycles. The van der Waals surface area contributed by atoms with Gasteiger partial charge in [-0.1, -0.05) is 6.92 Å². The second-order valence-corrected chi connectivity index (χ2v) is 7.75. The summed E-state index contributed by atoms with van der Waals surface area (Å²) in [6.07, 6.45) is 0. The van der Waals surface area contributed by atoms with Crippen LogP contribution >= 0.6 is 0 Å². The van der Waals surface area contributed by atoms with Crippen molar-refractivity contribution in [3.8, 4) is 0 Å². The van der Waals surface area contributed by atoms with Gasteiger partial charge in [-0.2, -0.15) is 0 Å². The van der Waals surface area contributed by atoms with Crippen molar-refractivity contribution in [3.05, 3.63) is 0 Å². The molecular formula is C11H29N3OSi. The molecule has 0 radical (unpaired) electrons. The first-order valence-corrected chi connectivity index (χ1v) is 7.64. The highest BCUT2D eigenvalue weighted by Crippen LogP contribution is 2.03. The van der Waals surface area contributed by atoms with Crippen molar-refractivity contribution in [2.75, 3.05) is 13.3 Å². The largest absolute Gasteiger partial charge is 0.381 e. The van der Waals surface area contributed by atoms with Crippen molar-refractivity contribution in [2.24, 2.45) is 0 Å². The van der Waals surface area contributed by atoms with Crippen molar-refractivity contribution in [3.63, 3.8) is 0 Å². The molecule has 0 aromatic rings. The van der Waals surface area contributed by atoms with E-state index in [0.717, 1.165) is 6.54 Å². The van der Waals surface area contributed by atoms with Crippen molar-refractivity contribution >= 4 is 9.36 Å². The molecule has 5 heteroatoms. The van der Waals surface area contributed by atoms with Gasteiger partial charge < -0.3 is 14.4 Å². The SMILES string of the molecule is CCNCO[SiH](NC(C)(C)C)NC(C)(C)C. The Hall–Kier alpha value is 0.0569. The van der Waals surface area contributed by atoms with Gasteiger partial charge in [0.15, 0.2) is 0 Å². The highest BCUT2D eigenvalue weighted by molar-refractivity contribution is 6.46. The molecule has 0 aliphatic rings. The van der Waals surface area contributed by atoms with Gasteiger partial charge in [-0.05, 0) is 48.1 Å². The Labute approximate surface area is 102 Å². The van der Waals surface area contributed by atoms with E-state index in [4.69, 9.17) is 4.43 Å². The van der Waals surface area contributed by atoms with Gasteiger partial charge in [-0.25, -0.2) is 0 Å². The Balaban J connectivity index is 4.17. The molecule has 0 aliphatic carbocycles. The predicted molar refractivity (Wildman–Crippen MR) is 72.6 cm³/mol. The molecular weight excluding hydrogens is 218 g/mol. The van der Waals surface area contributed by atoms with Crippen LogP contribution in [0.5, 0.6) is 0 Å². The van der Waals surface area contributed by atoms with Crippen LogP contribution in [0.25, 0.3) is 0 Å². The second kappa shape index (κ2) is 6.71. The molecule has 4 nitrogen and oxygen atoms in total. The van der Waals surface area contributed by atoms with Gasteiger partial charge in [0.2, 0.25) is 0 Å². The molecule has 3 N–H and O–H groups in total. The van der Waals surface area contributed by atoms with Gasteiger partial charge in [0, 0.05) is 11.1 Å². The van der Waals surface area contributed by atoms with E-state index in [1.165, 1.54) is 0 Å². The first-order valence-electron chi connectivity index (χ1n) is 6.02. The summed E-state index contributed by atoms with van der Waals surface area (Å²) < 4.78 is 5.84. The summed E-state index contributed by atoms with van der Waals surface area (Å²) in [6.45, 7) is 16.6. The third-order valence-electron chi connectivity index (χ3n) is 1.73. The van der Waals surface area contributed by atoms with E-state index in [2.05, 4.69) is 63.7 Å². The Morgan fingerprint density at radius 3 is 1.69 bits per heavy atom. The van der Waals surface area contributed by atoms with Crippen LogP contribution in [-0.2, 0) is 4.43 Å². The maximum atomic E-state index is 5.84. The molecule has 0 atom stereocenters. The van der Waals surface area contributed by atoms with Crippen LogP contribution in [0.3, 0.4) is 0 Å². The molecule has 16 heavy (non-hydrogen) atoms. The van der Waals surface area contributed by atoms with Gasteiger partial charge in [-0.15, -0.1) is 0 Å². The highest BCUT2D eigenvalue weighted by atomic mass is 28.3. The fraction of sp³-hybridized carbons (Fsp3) is 1.00. The average Bonchev–Trinajstić information content (AvgIpc) is 1.97. The minimum Gasteiger partial charge on any atom is -0.381 e. The zero-order chi connectivity index (χ0) is 12.8. The summed E-state index contributed by atoms with van der Waals surface area (Å²) in [4.78, 5) is 7.07. The molecule has 0 rings (SSSR count). The molecule has 98 valence electrons. The lowest BCUT2D eigenvalue weighted by Gasteiger charge is -2.32. The molecule has 0 amide bonds. The lowest BCUT2D eigenvalue weighted by Crippen LogP contribution is -2.62. The molecule has 0 aliphatic heterocycles. The zero-order valence-electron chi connectivity index (χ0n) is 11.9. The van der Waals surface area contributed by atoms with Crippen LogP contribution < -0.4 is 15.3 Å². The molecule has 0 fully saturated rings. The highest BCUT2D eigenvalue weighted by Gasteiger charge is 2.24. The third-order valence-corrected chi connectivity index (χ3v) is 4.49. The fourth-order valence-corrected chi connectivity index (χ4v) is 3.25. The molecule has 0 unspecified atom stereocenters. The van der Waals surface area contributed by atoms with Crippen LogP contribution in [0, 0.1) is 0 Å². The molecule has 0 aromatic carbocycles. The number of nitrogens with one attached hydrogen (secondary N) is 3. The monoisotopic (exact) mass is 247 g/mol. The summed E-state index contributed by atoms with van der Waals surface area (Å²) in [5.41, 5.74) is 0.169. The van der Waals surface area contributed by atoms with Crippen LogP contribution in [0.15, 0.2) is 0 Å². The summed E-state index contributed by atoms with van der Waals surface area (Å²) in [7, 11) is -1.58. The molecule has 0 bridgehead atoms. The lowest BCUT2D eigenvalue weighted by molar-refractivity contribution is 0.254. The maximum Gasteiger partial charge on any atom is 0.336 e. The van der Waals surface area contributed by atoms with E-state index in [1.807, 2.05) is 0 Å². The molecule has 0 aromatic heterocycles. The smallest absolute Gasteiger partial charge is 0.336 e. The quantitative estimate of drug-likeness (QED) is 0.373. The Morgan fingerprint density at radius 2 is 1.38 bits per heavy atom. The minimum atomic E-state index is -1.58. The maximum absolute atomic E-state index is 5.84. The summed E-state index contributed by atoms with van der Waals surface area (Å²) in [5.74, 6) is 0. The van der Waals surface area contributed by atoms with Crippen molar-refractivity contribution < 1.29 is 4.43 Å². The van der Waals surface area contributed by atoms with Gasteiger partial charge >= 0.3 is 9.36 Å². The van der Waals surface area contributed by atoms with Gasteiger partial charge in [0.1, 0.15) is 0 Å². The number of hydrogen-bond acceptors (Lipinski definition) is 4. The molecule has 0 saturated carbocycles.